The van der Waals surface area contributed by atoms with Crippen molar-refractivity contribution in [3.8, 4) is 0 Å². The summed E-state index contributed by atoms with van der Waals surface area (Å²) in [6.45, 7) is 4.80. The largest absolute Gasteiger partial charge is 0.462 e. The van der Waals surface area contributed by atoms with Gasteiger partial charge in [0.1, 0.15) is 0 Å². The van der Waals surface area contributed by atoms with Gasteiger partial charge in [-0.3, -0.25) is 9.69 Å². The van der Waals surface area contributed by atoms with E-state index in [-0.39, 0.29) is 18.8 Å². The van der Waals surface area contributed by atoms with Crippen LogP contribution in [0.1, 0.15) is 34.0 Å². The molecule has 1 amide bonds. The summed E-state index contributed by atoms with van der Waals surface area (Å²) in [7, 11) is 2.04. The lowest BCUT2D eigenvalue weighted by Gasteiger charge is -2.20. The maximum absolute atomic E-state index is 13.2. The molecule has 196 valence electrons. The van der Waals surface area contributed by atoms with Gasteiger partial charge in [0.2, 0.25) is 0 Å². The Morgan fingerprint density at radius 3 is 2.47 bits per heavy atom. The highest BCUT2D eigenvalue weighted by molar-refractivity contribution is 6.37. The molecule has 38 heavy (non-hydrogen) atoms. The number of hydrogen-bond acceptors (Lipinski definition) is 7. The van der Waals surface area contributed by atoms with E-state index in [0.717, 1.165) is 28.9 Å². The van der Waals surface area contributed by atoms with Gasteiger partial charge in [-0.15, -0.1) is 0 Å². The van der Waals surface area contributed by atoms with Gasteiger partial charge in [-0.05, 0) is 49.4 Å². The topological polar surface area (TPSA) is 89.1 Å². The number of carbonyl (C=O) groups is 2. The molecule has 0 atom stereocenters. The number of nitrogens with zero attached hydrogens (tertiary/aromatic N) is 1. The standard InChI is InChI=1S/C30H31N3O5/c1-3-36-30(35)22-11-14-24-25(17-22)32-29(34)27(24)28(21-7-5-4-6-8-21)31-23-12-9-20(10-13-23)18-33(2)19-26-37-15-16-38-26/h4-14,17,26,31H,3,15-16,18-19H2,1-2H3,(H,32,34). The predicted octanol–water partition coefficient (Wildman–Crippen LogP) is 4.60. The summed E-state index contributed by atoms with van der Waals surface area (Å²) >= 11 is 0. The fourth-order valence-electron chi connectivity index (χ4n) is 4.63. The third kappa shape index (κ3) is 5.78. The van der Waals surface area contributed by atoms with Crippen LogP contribution >= 0.6 is 0 Å². The maximum atomic E-state index is 13.2. The molecule has 0 aliphatic carbocycles. The van der Waals surface area contributed by atoms with Gasteiger partial charge in [0.05, 0.1) is 42.3 Å². The van der Waals surface area contributed by atoms with Gasteiger partial charge >= 0.3 is 5.97 Å². The van der Waals surface area contributed by atoms with Gasteiger partial charge in [0.15, 0.2) is 6.29 Å². The Labute approximate surface area is 222 Å². The zero-order valence-corrected chi connectivity index (χ0v) is 21.5. The molecule has 0 unspecified atom stereocenters. The highest BCUT2D eigenvalue weighted by atomic mass is 16.7. The molecule has 0 saturated carbocycles. The molecule has 3 aromatic rings. The van der Waals surface area contributed by atoms with Crippen LogP contribution in [-0.4, -0.2) is 56.5 Å². The number of anilines is 2. The van der Waals surface area contributed by atoms with Crippen molar-refractivity contribution >= 4 is 34.5 Å². The van der Waals surface area contributed by atoms with Crippen molar-refractivity contribution in [1.82, 2.24) is 4.90 Å². The van der Waals surface area contributed by atoms with E-state index in [4.69, 9.17) is 14.2 Å². The van der Waals surface area contributed by atoms with Gasteiger partial charge in [0, 0.05) is 24.3 Å². The van der Waals surface area contributed by atoms with E-state index in [1.54, 1.807) is 25.1 Å². The lowest BCUT2D eigenvalue weighted by molar-refractivity contribution is -0.110. The van der Waals surface area contributed by atoms with Crippen molar-refractivity contribution in [2.45, 2.75) is 19.8 Å². The molecule has 2 heterocycles. The van der Waals surface area contributed by atoms with Crippen molar-refractivity contribution in [2.24, 2.45) is 0 Å². The van der Waals surface area contributed by atoms with Crippen molar-refractivity contribution < 1.29 is 23.8 Å². The number of benzene rings is 3. The van der Waals surface area contributed by atoms with Crippen molar-refractivity contribution in [2.75, 3.05) is 44.0 Å². The Kier molecular flexibility index (Phi) is 7.83. The van der Waals surface area contributed by atoms with Crippen LogP contribution in [0.5, 0.6) is 0 Å². The number of esters is 1. The van der Waals surface area contributed by atoms with Crippen LogP contribution in [0, 0.1) is 0 Å². The van der Waals surface area contributed by atoms with Crippen LogP contribution in [0.25, 0.3) is 11.3 Å². The summed E-state index contributed by atoms with van der Waals surface area (Å²) in [5.74, 6) is -0.653. The van der Waals surface area contributed by atoms with Gasteiger partial charge in [-0.2, -0.15) is 0 Å². The van der Waals surface area contributed by atoms with Gasteiger partial charge < -0.3 is 24.8 Å². The summed E-state index contributed by atoms with van der Waals surface area (Å²) in [6, 6.07) is 23.0. The monoisotopic (exact) mass is 513 g/mol. The van der Waals surface area contributed by atoms with Crippen LogP contribution in [0.3, 0.4) is 0 Å². The minimum atomic E-state index is -0.419. The van der Waals surface area contributed by atoms with E-state index >= 15 is 0 Å². The second-order valence-electron chi connectivity index (χ2n) is 9.24. The molecule has 2 aliphatic rings. The fraction of sp³-hybridized carbons (Fsp3) is 0.267. The summed E-state index contributed by atoms with van der Waals surface area (Å²) in [5.41, 5.74) is 5.79. The maximum Gasteiger partial charge on any atom is 0.338 e. The number of carbonyl (C=O) groups excluding carboxylic acids is 2. The Morgan fingerprint density at radius 2 is 1.76 bits per heavy atom. The highest BCUT2D eigenvalue weighted by Crippen LogP contribution is 2.38. The predicted molar refractivity (Wildman–Crippen MR) is 146 cm³/mol. The number of likely N-dealkylation sites (N-methyl/N-ethyl adjacent to an activating group) is 1. The second kappa shape index (κ2) is 11.6. The SMILES string of the molecule is CCOC(=O)c1ccc2c(c1)NC(=O)C2=C(Nc1ccc(CN(C)CC2OCCO2)cc1)c1ccccc1. The minimum Gasteiger partial charge on any atom is -0.462 e. The Hall–Kier alpha value is -3.98. The van der Waals surface area contributed by atoms with Gasteiger partial charge in [-0.25, -0.2) is 4.79 Å². The first kappa shape index (κ1) is 25.7. The molecule has 3 aromatic carbocycles. The average molecular weight is 514 g/mol. The smallest absolute Gasteiger partial charge is 0.338 e. The van der Waals surface area contributed by atoms with E-state index in [9.17, 15) is 9.59 Å². The van der Waals surface area contributed by atoms with Crippen molar-refractivity contribution in [3.63, 3.8) is 0 Å². The summed E-state index contributed by atoms with van der Waals surface area (Å²) in [5, 5.41) is 6.39. The number of fused-ring (bicyclic) bond motifs is 1. The molecule has 0 bridgehead atoms. The van der Waals surface area contributed by atoms with Crippen LogP contribution in [0.4, 0.5) is 11.4 Å². The molecule has 2 aliphatic heterocycles. The Bertz CT molecular complexity index is 1330. The van der Waals surface area contributed by atoms with Crippen molar-refractivity contribution in [1.29, 1.82) is 0 Å². The fourth-order valence-corrected chi connectivity index (χ4v) is 4.63. The summed E-state index contributed by atoms with van der Waals surface area (Å²) < 4.78 is 16.2. The second-order valence-corrected chi connectivity index (χ2v) is 9.24. The van der Waals surface area contributed by atoms with Crippen LogP contribution in [0.2, 0.25) is 0 Å². The first-order valence-electron chi connectivity index (χ1n) is 12.7. The Balaban J connectivity index is 1.41. The molecule has 0 spiro atoms. The summed E-state index contributed by atoms with van der Waals surface area (Å²) in [6.07, 6.45) is -0.171. The van der Waals surface area contributed by atoms with E-state index in [2.05, 4.69) is 27.7 Å². The van der Waals surface area contributed by atoms with E-state index < -0.39 is 5.97 Å². The lowest BCUT2D eigenvalue weighted by Crippen LogP contribution is -2.29. The van der Waals surface area contributed by atoms with E-state index in [1.165, 1.54) is 0 Å². The highest BCUT2D eigenvalue weighted by Gasteiger charge is 2.29. The van der Waals surface area contributed by atoms with Crippen LogP contribution < -0.4 is 10.6 Å². The lowest BCUT2D eigenvalue weighted by atomic mass is 9.99. The average Bonchev–Trinajstić information content (AvgIpc) is 3.55. The first-order chi connectivity index (χ1) is 18.5. The Morgan fingerprint density at radius 1 is 1.03 bits per heavy atom. The minimum absolute atomic E-state index is 0.171. The molecule has 5 rings (SSSR count). The molecular weight excluding hydrogens is 482 g/mol. The number of rotatable bonds is 9. The molecular formula is C30H31N3O5. The van der Waals surface area contributed by atoms with Crippen LogP contribution in [0.15, 0.2) is 72.8 Å². The van der Waals surface area contributed by atoms with Crippen LogP contribution in [-0.2, 0) is 25.5 Å². The molecule has 0 radical (unpaired) electrons. The normalized spacial score (nSPS) is 16.3. The first-order valence-corrected chi connectivity index (χ1v) is 12.7. The molecule has 1 fully saturated rings. The zero-order valence-electron chi connectivity index (χ0n) is 21.5. The number of amides is 1. The van der Waals surface area contributed by atoms with Crippen molar-refractivity contribution in [3.05, 3.63) is 95.1 Å². The molecule has 2 N–H and O–H groups in total. The quantitative estimate of drug-likeness (QED) is 0.319. The number of hydrogen-bond donors (Lipinski definition) is 2. The molecule has 8 heteroatoms. The molecule has 8 nitrogen and oxygen atoms in total. The molecule has 1 saturated heterocycles. The van der Waals surface area contributed by atoms with Gasteiger partial charge in [-0.1, -0.05) is 48.5 Å². The zero-order chi connectivity index (χ0) is 26.5. The third-order valence-corrected chi connectivity index (χ3v) is 6.42. The number of ether oxygens (including phenoxy) is 3. The molecule has 0 aromatic heterocycles. The van der Waals surface area contributed by atoms with E-state index in [1.807, 2.05) is 49.5 Å². The number of nitrogens with one attached hydrogen (secondary N) is 2. The van der Waals surface area contributed by atoms with Gasteiger partial charge in [0.25, 0.3) is 5.91 Å². The summed E-state index contributed by atoms with van der Waals surface area (Å²) in [4.78, 5) is 27.6. The van der Waals surface area contributed by atoms with E-state index in [0.29, 0.717) is 42.3 Å². The third-order valence-electron chi connectivity index (χ3n) is 6.42.